The second-order valence-corrected chi connectivity index (χ2v) is 7.45. The van der Waals surface area contributed by atoms with Crippen LogP contribution in [0.4, 0.5) is 0 Å². The Balaban J connectivity index is 1.70. The maximum Gasteiger partial charge on any atom is 0.253 e. The van der Waals surface area contributed by atoms with Crippen LogP contribution in [0.3, 0.4) is 0 Å². The minimum absolute atomic E-state index is 0.0230. The second-order valence-electron chi connectivity index (χ2n) is 7.45. The first-order valence-corrected chi connectivity index (χ1v) is 8.28. The third-order valence-electron chi connectivity index (χ3n) is 6.39. The summed E-state index contributed by atoms with van der Waals surface area (Å²) in [6, 6.07) is 3.80. The smallest absolute Gasteiger partial charge is 0.253 e. The Morgan fingerprint density at radius 2 is 2.18 bits per heavy atom. The quantitative estimate of drug-likeness (QED) is 0.927. The molecule has 0 saturated heterocycles. The molecule has 3 rings (SSSR count). The van der Waals surface area contributed by atoms with Crippen molar-refractivity contribution in [3.05, 3.63) is 23.9 Å². The van der Waals surface area contributed by atoms with Gasteiger partial charge in [0.15, 0.2) is 0 Å². The van der Waals surface area contributed by atoms with E-state index in [0.717, 1.165) is 12.3 Å². The summed E-state index contributed by atoms with van der Waals surface area (Å²) in [5.74, 6) is 1.26. The van der Waals surface area contributed by atoms with Gasteiger partial charge < -0.3 is 10.1 Å². The van der Waals surface area contributed by atoms with Gasteiger partial charge in [-0.05, 0) is 49.0 Å². The molecule has 0 aromatic carbocycles. The molecule has 1 amide bonds. The molecule has 4 nitrogen and oxygen atoms in total. The molecule has 22 heavy (non-hydrogen) atoms. The first kappa shape index (κ1) is 15.3. The highest BCUT2D eigenvalue weighted by molar-refractivity contribution is 5.94. The maximum absolute atomic E-state index is 12.5. The van der Waals surface area contributed by atoms with Crippen LogP contribution in [0, 0.1) is 16.7 Å². The second kappa shape index (κ2) is 5.25. The van der Waals surface area contributed by atoms with Crippen LogP contribution in [0.2, 0.25) is 0 Å². The number of nitrogens with one attached hydrogen (secondary N) is 1. The molecular formula is C18H26N2O2. The van der Waals surface area contributed by atoms with Gasteiger partial charge in [-0.2, -0.15) is 0 Å². The average molecular weight is 302 g/mol. The fourth-order valence-corrected chi connectivity index (χ4v) is 4.41. The van der Waals surface area contributed by atoms with Crippen LogP contribution in [0.5, 0.6) is 5.88 Å². The Morgan fingerprint density at radius 1 is 1.41 bits per heavy atom. The Labute approximate surface area is 132 Å². The van der Waals surface area contributed by atoms with Gasteiger partial charge in [0.1, 0.15) is 0 Å². The molecule has 0 radical (unpaired) electrons. The molecule has 2 bridgehead atoms. The number of nitrogens with zero attached hydrogens (tertiary/aromatic N) is 1. The monoisotopic (exact) mass is 302 g/mol. The zero-order chi connectivity index (χ0) is 16.0. The summed E-state index contributed by atoms with van der Waals surface area (Å²) in [5.41, 5.74) is 1.11. The fourth-order valence-electron chi connectivity index (χ4n) is 4.41. The van der Waals surface area contributed by atoms with Crippen LogP contribution in [-0.2, 0) is 0 Å². The van der Waals surface area contributed by atoms with Crippen LogP contribution in [0.25, 0.3) is 0 Å². The Morgan fingerprint density at radius 3 is 2.68 bits per heavy atom. The molecule has 2 aliphatic carbocycles. The summed E-state index contributed by atoms with van der Waals surface area (Å²) < 4.78 is 5.31. The molecule has 1 aromatic rings. The number of fused-ring (bicyclic) bond motifs is 2. The summed E-state index contributed by atoms with van der Waals surface area (Å²) in [6.07, 6.45) is 5.19. The lowest BCUT2D eigenvalue weighted by Crippen LogP contribution is -2.46. The third kappa shape index (κ3) is 2.20. The van der Waals surface area contributed by atoms with Crippen LogP contribution >= 0.6 is 0 Å². The molecule has 120 valence electrons. The van der Waals surface area contributed by atoms with Gasteiger partial charge in [0.25, 0.3) is 5.91 Å². The van der Waals surface area contributed by atoms with Crippen molar-refractivity contribution in [3.8, 4) is 5.88 Å². The summed E-state index contributed by atoms with van der Waals surface area (Å²) in [4.78, 5) is 16.7. The minimum Gasteiger partial charge on any atom is -0.478 e. The highest BCUT2D eigenvalue weighted by Gasteiger charge is 2.61. The van der Waals surface area contributed by atoms with Crippen LogP contribution < -0.4 is 10.1 Å². The van der Waals surface area contributed by atoms with E-state index in [0.29, 0.717) is 23.5 Å². The Hall–Kier alpha value is -1.58. The van der Waals surface area contributed by atoms with Gasteiger partial charge in [0.05, 0.1) is 12.2 Å². The number of hydrogen-bond donors (Lipinski definition) is 1. The fraction of sp³-hybridized carbons (Fsp3) is 0.667. The van der Waals surface area contributed by atoms with Gasteiger partial charge in [0.2, 0.25) is 5.88 Å². The third-order valence-corrected chi connectivity index (χ3v) is 6.39. The van der Waals surface area contributed by atoms with E-state index < -0.39 is 0 Å². The lowest BCUT2D eigenvalue weighted by molar-refractivity contribution is 0.0825. The highest BCUT2D eigenvalue weighted by Crippen LogP contribution is 2.65. The van der Waals surface area contributed by atoms with Crippen molar-refractivity contribution in [1.82, 2.24) is 10.3 Å². The molecule has 0 aliphatic heterocycles. The summed E-state index contributed by atoms with van der Waals surface area (Å²) >= 11 is 0. The van der Waals surface area contributed by atoms with Gasteiger partial charge in [-0.1, -0.05) is 20.8 Å². The van der Waals surface area contributed by atoms with E-state index in [4.69, 9.17) is 4.74 Å². The summed E-state index contributed by atoms with van der Waals surface area (Å²) in [6.45, 7) is 9.54. The van der Waals surface area contributed by atoms with Gasteiger partial charge in [-0.25, -0.2) is 4.98 Å². The van der Waals surface area contributed by atoms with E-state index in [1.807, 2.05) is 6.92 Å². The largest absolute Gasteiger partial charge is 0.478 e. The van der Waals surface area contributed by atoms with Crippen molar-refractivity contribution < 1.29 is 9.53 Å². The van der Waals surface area contributed by atoms with Crippen molar-refractivity contribution in [3.63, 3.8) is 0 Å². The van der Waals surface area contributed by atoms with E-state index in [9.17, 15) is 4.79 Å². The molecule has 2 saturated carbocycles. The maximum atomic E-state index is 12.5. The van der Waals surface area contributed by atoms with Crippen LogP contribution in [0.1, 0.15) is 57.3 Å². The molecule has 0 spiro atoms. The zero-order valence-electron chi connectivity index (χ0n) is 14.0. The molecular weight excluding hydrogens is 276 g/mol. The van der Waals surface area contributed by atoms with E-state index in [1.165, 1.54) is 12.8 Å². The average Bonchev–Trinajstić information content (AvgIpc) is 2.81. The number of rotatable bonds is 4. The van der Waals surface area contributed by atoms with Crippen molar-refractivity contribution in [2.75, 3.05) is 6.61 Å². The van der Waals surface area contributed by atoms with E-state index in [2.05, 4.69) is 31.1 Å². The standard InChI is InChI=1S/C18H26N2O2/c1-5-22-15-7-6-12(11-19-15)16(21)20-14-10-13-8-9-18(14,4)17(13,2)3/h6-7,11,13-14H,5,8-10H2,1-4H3,(H,20,21). The molecule has 2 aliphatic rings. The molecule has 1 N–H and O–H groups in total. The number of ether oxygens (including phenoxy) is 1. The minimum atomic E-state index is -0.0230. The number of carbonyl (C=O) groups excluding carboxylic acids is 1. The normalized spacial score (nSPS) is 32.0. The van der Waals surface area contributed by atoms with Crippen molar-refractivity contribution in [2.24, 2.45) is 16.7 Å². The lowest BCUT2D eigenvalue weighted by Gasteiger charge is -2.39. The lowest BCUT2D eigenvalue weighted by atomic mass is 9.69. The molecule has 1 heterocycles. The van der Waals surface area contributed by atoms with Gasteiger partial charge in [0, 0.05) is 18.3 Å². The number of aromatic nitrogens is 1. The summed E-state index contributed by atoms with van der Waals surface area (Å²) in [7, 11) is 0. The molecule has 4 heteroatoms. The molecule has 3 atom stereocenters. The first-order chi connectivity index (χ1) is 10.4. The predicted molar refractivity (Wildman–Crippen MR) is 85.9 cm³/mol. The summed E-state index contributed by atoms with van der Waals surface area (Å²) in [5, 5.41) is 3.25. The van der Waals surface area contributed by atoms with Crippen molar-refractivity contribution >= 4 is 5.91 Å². The van der Waals surface area contributed by atoms with Crippen LogP contribution in [0.15, 0.2) is 18.3 Å². The number of amides is 1. The predicted octanol–water partition coefficient (Wildman–Crippen LogP) is 3.42. The zero-order valence-corrected chi connectivity index (χ0v) is 14.0. The number of hydrogen-bond acceptors (Lipinski definition) is 3. The van der Waals surface area contributed by atoms with Crippen molar-refractivity contribution in [2.45, 2.75) is 53.0 Å². The first-order valence-electron chi connectivity index (χ1n) is 8.28. The van der Waals surface area contributed by atoms with Gasteiger partial charge >= 0.3 is 0 Å². The molecule has 1 aromatic heterocycles. The van der Waals surface area contributed by atoms with E-state index in [-0.39, 0.29) is 17.4 Å². The topological polar surface area (TPSA) is 51.2 Å². The van der Waals surface area contributed by atoms with Crippen LogP contribution in [-0.4, -0.2) is 23.5 Å². The van der Waals surface area contributed by atoms with E-state index in [1.54, 1.807) is 18.3 Å². The molecule has 2 fully saturated rings. The van der Waals surface area contributed by atoms with Crippen molar-refractivity contribution in [1.29, 1.82) is 0 Å². The number of pyridine rings is 1. The Bertz CT molecular complexity index is 567. The van der Waals surface area contributed by atoms with Gasteiger partial charge in [-0.3, -0.25) is 4.79 Å². The van der Waals surface area contributed by atoms with E-state index >= 15 is 0 Å². The highest BCUT2D eigenvalue weighted by atomic mass is 16.5. The van der Waals surface area contributed by atoms with Gasteiger partial charge in [-0.15, -0.1) is 0 Å². The SMILES string of the molecule is CCOc1ccc(C(=O)NC2CC3CCC2(C)C3(C)C)cn1. The number of carbonyl (C=O) groups is 1. The molecule has 3 unspecified atom stereocenters. The Kier molecular flexibility index (Phi) is 3.66.